The fourth-order valence-corrected chi connectivity index (χ4v) is 1.85. The standard InChI is InChI=1S/C8H10N4O3S/c9-7(13)5-1-3-6(4-2-5)16(14,15)12-8(10)11/h1-4H,(H2,9,13)(H4,10,11,12). The maximum absolute atomic E-state index is 11.5. The first kappa shape index (κ1) is 12.0. The number of benzene rings is 1. The second kappa shape index (κ2) is 4.19. The van der Waals surface area contributed by atoms with Crippen molar-refractivity contribution in [2.24, 2.45) is 21.6 Å². The molecule has 0 aliphatic heterocycles. The van der Waals surface area contributed by atoms with E-state index < -0.39 is 21.9 Å². The lowest BCUT2D eigenvalue weighted by molar-refractivity contribution is 0.1000. The maximum atomic E-state index is 11.5. The van der Waals surface area contributed by atoms with Gasteiger partial charge in [-0.15, -0.1) is 4.40 Å². The van der Waals surface area contributed by atoms with Gasteiger partial charge in [0.15, 0.2) is 0 Å². The Morgan fingerprint density at radius 1 is 1.06 bits per heavy atom. The Hall–Kier alpha value is -2.09. The molecule has 16 heavy (non-hydrogen) atoms. The van der Waals surface area contributed by atoms with Crippen molar-refractivity contribution in [1.29, 1.82) is 0 Å². The van der Waals surface area contributed by atoms with Crippen LogP contribution in [0, 0.1) is 0 Å². The Kier molecular flexibility index (Phi) is 3.14. The fourth-order valence-electron chi connectivity index (χ4n) is 0.983. The molecule has 0 atom stereocenters. The van der Waals surface area contributed by atoms with Crippen LogP contribution < -0.4 is 17.2 Å². The number of amides is 1. The summed E-state index contributed by atoms with van der Waals surface area (Å²) in [6.07, 6.45) is 0. The van der Waals surface area contributed by atoms with Crippen LogP contribution in [0.4, 0.5) is 0 Å². The molecule has 1 rings (SSSR count). The van der Waals surface area contributed by atoms with Gasteiger partial charge in [0.2, 0.25) is 11.9 Å². The third kappa shape index (κ3) is 2.70. The number of nitrogens with two attached hydrogens (primary N) is 3. The molecule has 8 heteroatoms. The van der Waals surface area contributed by atoms with Crippen molar-refractivity contribution in [3.63, 3.8) is 0 Å². The smallest absolute Gasteiger partial charge is 0.285 e. The van der Waals surface area contributed by atoms with E-state index in [0.717, 1.165) is 0 Å². The van der Waals surface area contributed by atoms with Gasteiger partial charge >= 0.3 is 0 Å². The van der Waals surface area contributed by atoms with Gasteiger partial charge in [-0.05, 0) is 24.3 Å². The summed E-state index contributed by atoms with van der Waals surface area (Å²) in [5.41, 5.74) is 15.1. The zero-order chi connectivity index (χ0) is 12.3. The molecule has 86 valence electrons. The van der Waals surface area contributed by atoms with Crippen LogP contribution in [0.25, 0.3) is 0 Å². The number of guanidine groups is 1. The normalized spacial score (nSPS) is 10.8. The molecule has 1 amide bonds. The van der Waals surface area contributed by atoms with Crippen molar-refractivity contribution in [1.82, 2.24) is 0 Å². The van der Waals surface area contributed by atoms with Gasteiger partial charge in [0.1, 0.15) is 0 Å². The van der Waals surface area contributed by atoms with E-state index in [1.54, 1.807) is 0 Å². The van der Waals surface area contributed by atoms with Crippen molar-refractivity contribution in [2.75, 3.05) is 0 Å². The lowest BCUT2D eigenvalue weighted by Gasteiger charge is -2.00. The Morgan fingerprint density at radius 3 is 1.94 bits per heavy atom. The predicted octanol–water partition coefficient (Wildman–Crippen LogP) is -1.25. The average molecular weight is 242 g/mol. The first-order chi connectivity index (χ1) is 7.33. The summed E-state index contributed by atoms with van der Waals surface area (Å²) < 4.78 is 26.0. The number of rotatable bonds is 3. The highest BCUT2D eigenvalue weighted by Gasteiger charge is 2.13. The monoisotopic (exact) mass is 242 g/mol. The van der Waals surface area contributed by atoms with Crippen molar-refractivity contribution < 1.29 is 13.2 Å². The van der Waals surface area contributed by atoms with Crippen molar-refractivity contribution in [3.8, 4) is 0 Å². The van der Waals surface area contributed by atoms with Gasteiger partial charge in [0, 0.05) is 5.56 Å². The van der Waals surface area contributed by atoms with Crippen molar-refractivity contribution in [3.05, 3.63) is 29.8 Å². The highest BCUT2D eigenvalue weighted by molar-refractivity contribution is 7.90. The van der Waals surface area contributed by atoms with Crippen LogP contribution in [0.1, 0.15) is 10.4 Å². The molecule has 0 saturated heterocycles. The van der Waals surface area contributed by atoms with Gasteiger partial charge in [-0.25, -0.2) is 0 Å². The summed E-state index contributed by atoms with van der Waals surface area (Å²) in [7, 11) is -3.92. The number of hydrogen-bond acceptors (Lipinski definition) is 3. The number of hydrogen-bond donors (Lipinski definition) is 3. The molecule has 6 N–H and O–H groups in total. The minimum absolute atomic E-state index is 0.120. The molecule has 0 bridgehead atoms. The molecule has 1 aromatic rings. The Labute approximate surface area is 92.0 Å². The van der Waals surface area contributed by atoms with E-state index >= 15 is 0 Å². The molecule has 0 fully saturated rings. The lowest BCUT2D eigenvalue weighted by atomic mass is 10.2. The summed E-state index contributed by atoms with van der Waals surface area (Å²) in [5.74, 6) is -1.20. The third-order valence-electron chi connectivity index (χ3n) is 1.66. The highest BCUT2D eigenvalue weighted by atomic mass is 32.2. The zero-order valence-corrected chi connectivity index (χ0v) is 8.94. The van der Waals surface area contributed by atoms with Gasteiger partial charge in [0.05, 0.1) is 4.90 Å². The summed E-state index contributed by atoms with van der Waals surface area (Å²) in [5, 5.41) is 0. The minimum atomic E-state index is -3.92. The summed E-state index contributed by atoms with van der Waals surface area (Å²) >= 11 is 0. The molecule has 0 saturated carbocycles. The van der Waals surface area contributed by atoms with Gasteiger partial charge in [-0.3, -0.25) is 4.79 Å². The third-order valence-corrected chi connectivity index (χ3v) is 2.98. The average Bonchev–Trinajstić information content (AvgIpc) is 2.16. The van der Waals surface area contributed by atoms with Gasteiger partial charge in [-0.2, -0.15) is 8.42 Å². The molecule has 1 aromatic carbocycles. The van der Waals surface area contributed by atoms with Crippen LogP contribution in [-0.2, 0) is 10.0 Å². The van der Waals surface area contributed by atoms with E-state index in [2.05, 4.69) is 4.40 Å². The second-order valence-corrected chi connectivity index (χ2v) is 4.48. The summed E-state index contributed by atoms with van der Waals surface area (Å²) in [6, 6.07) is 4.94. The molecule has 0 aromatic heterocycles. The molecular weight excluding hydrogens is 232 g/mol. The van der Waals surface area contributed by atoms with Crippen molar-refractivity contribution in [2.45, 2.75) is 4.90 Å². The SMILES string of the molecule is NC(=O)c1ccc(S(=O)(=O)N=C(N)N)cc1. The minimum Gasteiger partial charge on any atom is -0.369 e. The van der Waals surface area contributed by atoms with E-state index in [4.69, 9.17) is 17.2 Å². The van der Waals surface area contributed by atoms with E-state index in [-0.39, 0.29) is 10.5 Å². The molecule has 0 unspecified atom stereocenters. The van der Waals surface area contributed by atoms with Crippen LogP contribution >= 0.6 is 0 Å². The molecular formula is C8H10N4O3S. The Morgan fingerprint density at radius 2 is 1.56 bits per heavy atom. The molecule has 0 aliphatic carbocycles. The van der Waals surface area contributed by atoms with Gasteiger partial charge in [0.25, 0.3) is 10.0 Å². The molecule has 0 spiro atoms. The number of nitrogens with zero attached hydrogens (tertiary/aromatic N) is 1. The molecule has 0 radical (unpaired) electrons. The van der Waals surface area contributed by atoms with Crippen LogP contribution in [0.5, 0.6) is 0 Å². The van der Waals surface area contributed by atoms with Gasteiger partial charge in [-0.1, -0.05) is 0 Å². The summed E-state index contributed by atoms with van der Waals surface area (Å²) in [4.78, 5) is 10.6. The van der Waals surface area contributed by atoms with Crippen molar-refractivity contribution >= 4 is 21.9 Å². The van der Waals surface area contributed by atoms with Crippen LogP contribution in [0.3, 0.4) is 0 Å². The fraction of sp³-hybridized carbons (Fsp3) is 0. The van der Waals surface area contributed by atoms with Crippen LogP contribution in [-0.4, -0.2) is 20.3 Å². The predicted molar refractivity (Wildman–Crippen MR) is 58.0 cm³/mol. The number of carbonyl (C=O) groups excluding carboxylic acids is 1. The first-order valence-electron chi connectivity index (χ1n) is 4.09. The largest absolute Gasteiger partial charge is 0.369 e. The Bertz CT molecular complexity index is 529. The molecule has 0 heterocycles. The van der Waals surface area contributed by atoms with E-state index in [9.17, 15) is 13.2 Å². The number of sulfonamides is 1. The Balaban J connectivity index is 3.17. The van der Waals surface area contributed by atoms with E-state index in [1.807, 2.05) is 0 Å². The van der Waals surface area contributed by atoms with Crippen LogP contribution in [0.2, 0.25) is 0 Å². The quantitative estimate of drug-likeness (QED) is 0.448. The van der Waals surface area contributed by atoms with E-state index in [0.29, 0.717) is 0 Å². The maximum Gasteiger partial charge on any atom is 0.285 e. The van der Waals surface area contributed by atoms with Gasteiger partial charge < -0.3 is 17.2 Å². The highest BCUT2D eigenvalue weighted by Crippen LogP contribution is 2.12. The topological polar surface area (TPSA) is 142 Å². The lowest BCUT2D eigenvalue weighted by Crippen LogP contribution is -2.24. The molecule has 7 nitrogen and oxygen atoms in total. The number of primary amides is 1. The summed E-state index contributed by atoms with van der Waals surface area (Å²) in [6.45, 7) is 0. The first-order valence-corrected chi connectivity index (χ1v) is 5.53. The van der Waals surface area contributed by atoms with Crippen LogP contribution in [0.15, 0.2) is 33.6 Å². The zero-order valence-electron chi connectivity index (χ0n) is 8.12. The number of carbonyl (C=O) groups is 1. The molecule has 0 aliphatic rings. The second-order valence-electron chi connectivity index (χ2n) is 2.88. The van der Waals surface area contributed by atoms with E-state index in [1.165, 1.54) is 24.3 Å².